The molecule has 1 aromatic rings. The van der Waals surface area contributed by atoms with E-state index in [2.05, 4.69) is 10.0 Å². The van der Waals surface area contributed by atoms with Crippen molar-refractivity contribution in [1.29, 1.82) is 0 Å². The Balaban J connectivity index is 1.85. The van der Waals surface area contributed by atoms with E-state index in [1.807, 2.05) is 0 Å². The molecule has 0 bridgehead atoms. The van der Waals surface area contributed by atoms with E-state index in [0.717, 1.165) is 12.0 Å². The lowest BCUT2D eigenvalue weighted by atomic mass is 10.2. The van der Waals surface area contributed by atoms with Gasteiger partial charge < -0.3 is 20.5 Å². The largest absolute Gasteiger partial charge is 0.383 e. The molecule has 9 heteroatoms. The molecule has 0 unspecified atom stereocenters. The van der Waals surface area contributed by atoms with Gasteiger partial charge >= 0.3 is 0 Å². The van der Waals surface area contributed by atoms with Crippen molar-refractivity contribution < 1.29 is 22.7 Å². The molecule has 0 radical (unpaired) electrons. The van der Waals surface area contributed by atoms with Gasteiger partial charge in [-0.05, 0) is 30.5 Å². The molecule has 1 saturated heterocycles. The third kappa shape index (κ3) is 5.75. The highest BCUT2D eigenvalue weighted by molar-refractivity contribution is 7.89. The van der Waals surface area contributed by atoms with Crippen LogP contribution < -0.4 is 15.8 Å². The third-order valence-electron chi connectivity index (χ3n) is 3.96. The summed E-state index contributed by atoms with van der Waals surface area (Å²) in [5, 5.41) is 2.80. The summed E-state index contributed by atoms with van der Waals surface area (Å²) >= 11 is 0. The smallest absolute Gasteiger partial charge is 0.249 e. The van der Waals surface area contributed by atoms with Crippen LogP contribution in [-0.2, 0) is 30.8 Å². The lowest BCUT2D eigenvalue weighted by molar-refractivity contribution is -0.132. The summed E-state index contributed by atoms with van der Waals surface area (Å²) in [4.78, 5) is 12.2. The minimum atomic E-state index is -3.55. The molecule has 2 atom stereocenters. The molecule has 0 spiro atoms. The van der Waals surface area contributed by atoms with Crippen LogP contribution in [0.3, 0.4) is 0 Å². The Labute approximate surface area is 148 Å². The van der Waals surface area contributed by atoms with Crippen LogP contribution in [0.2, 0.25) is 0 Å². The van der Waals surface area contributed by atoms with E-state index in [9.17, 15) is 13.2 Å². The number of ether oxygens (including phenoxy) is 2. The Hall–Kier alpha value is -1.52. The fraction of sp³-hybridized carbons (Fsp3) is 0.562. The fourth-order valence-corrected chi connectivity index (χ4v) is 3.54. The first-order valence-electron chi connectivity index (χ1n) is 8.17. The Morgan fingerprint density at radius 2 is 2.04 bits per heavy atom. The van der Waals surface area contributed by atoms with Gasteiger partial charge in [0.15, 0.2) is 0 Å². The van der Waals surface area contributed by atoms with Gasteiger partial charge in [0.25, 0.3) is 0 Å². The number of carbonyl (C=O) groups excluding carboxylic acids is 1. The minimum absolute atomic E-state index is 0.0501. The molecule has 0 aromatic heterocycles. The summed E-state index contributed by atoms with van der Waals surface area (Å²) in [6.45, 7) is 1.24. The second kappa shape index (κ2) is 9.25. The Bertz CT molecular complexity index is 663. The molecule has 8 nitrogen and oxygen atoms in total. The highest BCUT2D eigenvalue weighted by Crippen LogP contribution is 2.19. The summed E-state index contributed by atoms with van der Waals surface area (Å²) in [6, 6.07) is 6.35. The molecule has 0 aliphatic carbocycles. The first-order valence-corrected chi connectivity index (χ1v) is 9.65. The molecule has 1 aliphatic rings. The maximum atomic E-state index is 12.1. The van der Waals surface area contributed by atoms with Crippen LogP contribution in [0.1, 0.15) is 18.4 Å². The number of amides is 1. The SMILES string of the molecule is COCCNS(=O)(=O)c1ccc(CNC(=O)[C@@H]2CC[C@H](CN)O2)cc1. The number of sulfonamides is 1. The van der Waals surface area contributed by atoms with Crippen LogP contribution >= 0.6 is 0 Å². The van der Waals surface area contributed by atoms with Crippen LogP contribution in [0.5, 0.6) is 0 Å². The molecule has 1 aliphatic heterocycles. The number of hydrogen-bond donors (Lipinski definition) is 3. The summed E-state index contributed by atoms with van der Waals surface area (Å²) in [5.41, 5.74) is 6.33. The molecule has 2 rings (SSSR count). The Kier molecular flexibility index (Phi) is 7.33. The Morgan fingerprint density at radius 1 is 1.32 bits per heavy atom. The zero-order chi connectivity index (χ0) is 18.3. The van der Waals surface area contributed by atoms with Crippen molar-refractivity contribution in [3.05, 3.63) is 29.8 Å². The fourth-order valence-electron chi connectivity index (χ4n) is 2.52. The quantitative estimate of drug-likeness (QED) is 0.514. The average molecular weight is 371 g/mol. The van der Waals surface area contributed by atoms with Crippen LogP contribution in [-0.4, -0.2) is 53.3 Å². The minimum Gasteiger partial charge on any atom is -0.383 e. The van der Waals surface area contributed by atoms with Gasteiger partial charge in [-0.3, -0.25) is 4.79 Å². The Morgan fingerprint density at radius 3 is 2.64 bits per heavy atom. The van der Waals surface area contributed by atoms with Gasteiger partial charge in [0.1, 0.15) is 6.10 Å². The van der Waals surface area contributed by atoms with Gasteiger partial charge in [-0.15, -0.1) is 0 Å². The third-order valence-corrected chi connectivity index (χ3v) is 5.44. The highest BCUT2D eigenvalue weighted by atomic mass is 32.2. The molecule has 1 amide bonds. The molecule has 4 N–H and O–H groups in total. The topological polar surface area (TPSA) is 120 Å². The molecule has 0 saturated carbocycles. The van der Waals surface area contributed by atoms with Gasteiger partial charge in [-0.1, -0.05) is 12.1 Å². The maximum Gasteiger partial charge on any atom is 0.249 e. The number of carbonyl (C=O) groups is 1. The zero-order valence-electron chi connectivity index (χ0n) is 14.2. The first-order chi connectivity index (χ1) is 12.0. The molecule has 25 heavy (non-hydrogen) atoms. The highest BCUT2D eigenvalue weighted by Gasteiger charge is 2.29. The molecule has 1 fully saturated rings. The zero-order valence-corrected chi connectivity index (χ0v) is 15.1. The van der Waals surface area contributed by atoms with Crippen molar-refractivity contribution in [3.8, 4) is 0 Å². The van der Waals surface area contributed by atoms with Crippen molar-refractivity contribution in [2.24, 2.45) is 5.73 Å². The van der Waals surface area contributed by atoms with Crippen molar-refractivity contribution in [2.45, 2.75) is 36.5 Å². The number of methoxy groups -OCH3 is 1. The molecule has 140 valence electrons. The molecular formula is C16H25N3O5S. The van der Waals surface area contributed by atoms with Gasteiger partial charge in [0.05, 0.1) is 17.6 Å². The van der Waals surface area contributed by atoms with E-state index < -0.39 is 16.1 Å². The summed E-state index contributed by atoms with van der Waals surface area (Å²) in [5.74, 6) is -0.172. The van der Waals surface area contributed by atoms with E-state index in [4.69, 9.17) is 15.2 Å². The number of nitrogens with two attached hydrogens (primary N) is 1. The van der Waals surface area contributed by atoms with E-state index >= 15 is 0 Å². The predicted molar refractivity (Wildman–Crippen MR) is 92.3 cm³/mol. The predicted octanol–water partition coefficient (Wildman–Crippen LogP) is -0.266. The second-order valence-electron chi connectivity index (χ2n) is 5.81. The van der Waals surface area contributed by atoms with Gasteiger partial charge in [-0.25, -0.2) is 13.1 Å². The van der Waals surface area contributed by atoms with Crippen LogP contribution in [0, 0.1) is 0 Å². The van der Waals surface area contributed by atoms with E-state index in [-0.39, 0.29) is 23.5 Å². The molecule has 1 aromatic carbocycles. The summed E-state index contributed by atoms with van der Waals surface area (Å²) in [7, 11) is -2.05. The second-order valence-corrected chi connectivity index (χ2v) is 7.58. The summed E-state index contributed by atoms with van der Waals surface area (Å²) in [6.07, 6.45) is 0.943. The monoisotopic (exact) mass is 371 g/mol. The van der Waals surface area contributed by atoms with Crippen molar-refractivity contribution in [3.63, 3.8) is 0 Å². The van der Waals surface area contributed by atoms with Gasteiger partial charge in [0, 0.05) is 26.7 Å². The van der Waals surface area contributed by atoms with Crippen LogP contribution in [0.4, 0.5) is 0 Å². The summed E-state index contributed by atoms with van der Waals surface area (Å²) < 4.78 is 36.9. The standard InChI is InChI=1S/C16H25N3O5S/c1-23-9-8-19-25(21,22)14-5-2-12(3-6-14)11-18-16(20)15-7-4-13(10-17)24-15/h2-3,5-6,13,15,19H,4,7-11,17H2,1H3,(H,18,20)/t13-,15+/m1/s1. The normalized spacial score (nSPS) is 20.6. The number of hydrogen-bond acceptors (Lipinski definition) is 6. The van der Waals surface area contributed by atoms with Crippen molar-refractivity contribution in [2.75, 3.05) is 26.8 Å². The maximum absolute atomic E-state index is 12.1. The van der Waals surface area contributed by atoms with Crippen molar-refractivity contribution in [1.82, 2.24) is 10.0 Å². The van der Waals surface area contributed by atoms with Crippen LogP contribution in [0.15, 0.2) is 29.2 Å². The molecule has 1 heterocycles. The number of benzene rings is 1. The van der Waals surface area contributed by atoms with E-state index in [1.54, 1.807) is 12.1 Å². The first kappa shape index (κ1) is 19.8. The van der Waals surface area contributed by atoms with E-state index in [1.165, 1.54) is 19.2 Å². The average Bonchev–Trinajstić information content (AvgIpc) is 3.09. The van der Waals surface area contributed by atoms with Crippen molar-refractivity contribution >= 4 is 15.9 Å². The van der Waals surface area contributed by atoms with Gasteiger partial charge in [-0.2, -0.15) is 0 Å². The lowest BCUT2D eigenvalue weighted by Crippen LogP contribution is -2.35. The van der Waals surface area contributed by atoms with E-state index in [0.29, 0.717) is 26.1 Å². The molecular weight excluding hydrogens is 346 g/mol. The lowest BCUT2D eigenvalue weighted by Gasteiger charge is -2.13. The number of nitrogens with one attached hydrogen (secondary N) is 2. The van der Waals surface area contributed by atoms with Gasteiger partial charge in [0.2, 0.25) is 15.9 Å². The van der Waals surface area contributed by atoms with Crippen LogP contribution in [0.25, 0.3) is 0 Å². The number of rotatable bonds is 9.